The fourth-order valence-electron chi connectivity index (χ4n) is 3.59. The molecule has 0 radical (unpaired) electrons. The van der Waals surface area contributed by atoms with Crippen LogP contribution in [0.2, 0.25) is 0 Å². The number of aromatic nitrogens is 1. The first-order chi connectivity index (χ1) is 11.2. The van der Waals surface area contributed by atoms with Crippen LogP contribution in [0, 0.1) is 5.92 Å². The molecule has 1 atom stereocenters. The summed E-state index contributed by atoms with van der Waals surface area (Å²) in [6.45, 7) is 3.46. The molecule has 1 N–H and O–H groups in total. The summed E-state index contributed by atoms with van der Waals surface area (Å²) in [5, 5.41) is 5.79. The Morgan fingerprint density at radius 1 is 1.43 bits per heavy atom. The van der Waals surface area contributed by atoms with Crippen LogP contribution in [0.25, 0.3) is 0 Å². The van der Waals surface area contributed by atoms with Crippen LogP contribution in [-0.2, 0) is 11.2 Å². The quantitative estimate of drug-likeness (QED) is 0.869. The number of nitrogens with one attached hydrogen (secondary N) is 1. The van der Waals surface area contributed by atoms with E-state index in [0.717, 1.165) is 37.2 Å². The third kappa shape index (κ3) is 3.91. The summed E-state index contributed by atoms with van der Waals surface area (Å²) in [5.74, 6) is 0.381. The molecule has 126 valence electrons. The van der Waals surface area contributed by atoms with Crippen LogP contribution < -0.4 is 5.32 Å². The van der Waals surface area contributed by atoms with Gasteiger partial charge in [-0.3, -0.25) is 9.59 Å². The Labute approximate surface area is 141 Å². The Morgan fingerprint density at radius 2 is 2.22 bits per heavy atom. The van der Waals surface area contributed by atoms with Gasteiger partial charge in [-0.05, 0) is 25.7 Å². The predicted molar refractivity (Wildman–Crippen MR) is 90.5 cm³/mol. The molecule has 1 saturated heterocycles. The van der Waals surface area contributed by atoms with Gasteiger partial charge in [0.2, 0.25) is 5.91 Å². The Morgan fingerprint density at radius 3 is 2.96 bits per heavy atom. The average molecular weight is 335 g/mol. The summed E-state index contributed by atoms with van der Waals surface area (Å²) in [7, 11) is 0. The van der Waals surface area contributed by atoms with E-state index in [0.29, 0.717) is 24.7 Å². The number of carbonyl (C=O) groups is 2. The second-order valence-electron chi connectivity index (χ2n) is 6.64. The van der Waals surface area contributed by atoms with Gasteiger partial charge in [0.25, 0.3) is 5.91 Å². The molecule has 2 amide bonds. The van der Waals surface area contributed by atoms with Crippen molar-refractivity contribution in [1.29, 1.82) is 0 Å². The normalized spacial score (nSPS) is 22.0. The number of carbonyl (C=O) groups excluding carboxylic acids is 2. The van der Waals surface area contributed by atoms with Crippen molar-refractivity contribution in [3.63, 3.8) is 0 Å². The van der Waals surface area contributed by atoms with Crippen LogP contribution in [-0.4, -0.2) is 40.8 Å². The first-order valence-electron chi connectivity index (χ1n) is 8.69. The van der Waals surface area contributed by atoms with Crippen molar-refractivity contribution in [3.8, 4) is 0 Å². The van der Waals surface area contributed by atoms with E-state index in [9.17, 15) is 9.59 Å². The van der Waals surface area contributed by atoms with Gasteiger partial charge >= 0.3 is 0 Å². The Bertz CT molecular complexity index is 566. The topological polar surface area (TPSA) is 62.3 Å². The molecule has 23 heavy (non-hydrogen) atoms. The lowest BCUT2D eigenvalue weighted by molar-refractivity contribution is -0.129. The molecule has 0 aromatic carbocycles. The van der Waals surface area contributed by atoms with Crippen LogP contribution in [0.4, 0.5) is 0 Å². The van der Waals surface area contributed by atoms with Crippen molar-refractivity contribution in [2.75, 3.05) is 13.1 Å². The van der Waals surface area contributed by atoms with Crippen LogP contribution in [0.15, 0.2) is 5.38 Å². The summed E-state index contributed by atoms with van der Waals surface area (Å²) in [6, 6.07) is 0.443. The molecule has 1 saturated carbocycles. The molecule has 2 heterocycles. The number of amides is 2. The number of hydrogen-bond acceptors (Lipinski definition) is 4. The van der Waals surface area contributed by atoms with E-state index < -0.39 is 0 Å². The number of thiazole rings is 1. The molecule has 0 unspecified atom stereocenters. The lowest BCUT2D eigenvalue weighted by Gasteiger charge is -2.24. The highest BCUT2D eigenvalue weighted by Crippen LogP contribution is 2.29. The molecular formula is C17H25N3O2S. The van der Waals surface area contributed by atoms with E-state index in [4.69, 9.17) is 0 Å². The van der Waals surface area contributed by atoms with E-state index in [2.05, 4.69) is 17.2 Å². The second-order valence-corrected chi connectivity index (χ2v) is 7.58. The molecule has 0 spiro atoms. The smallest absolute Gasteiger partial charge is 0.270 e. The lowest BCUT2D eigenvalue weighted by atomic mass is 10.1. The molecule has 5 nitrogen and oxygen atoms in total. The fraction of sp³-hybridized carbons (Fsp3) is 0.706. The summed E-state index contributed by atoms with van der Waals surface area (Å²) in [5.41, 5.74) is 0.510. The third-order valence-corrected chi connectivity index (χ3v) is 5.71. The Hall–Kier alpha value is -1.43. The lowest BCUT2D eigenvalue weighted by Crippen LogP contribution is -2.36. The van der Waals surface area contributed by atoms with Crippen LogP contribution in [0.1, 0.15) is 60.9 Å². The summed E-state index contributed by atoms with van der Waals surface area (Å²) in [4.78, 5) is 30.8. The largest absolute Gasteiger partial charge is 0.350 e. The summed E-state index contributed by atoms with van der Waals surface area (Å²) in [6.07, 6.45) is 7.28. The van der Waals surface area contributed by atoms with Crippen molar-refractivity contribution in [2.45, 2.75) is 57.9 Å². The minimum atomic E-state index is -0.115. The highest BCUT2D eigenvalue weighted by molar-refractivity contribution is 7.09. The maximum atomic E-state index is 12.2. The zero-order valence-electron chi connectivity index (χ0n) is 13.7. The van der Waals surface area contributed by atoms with Gasteiger partial charge in [-0.25, -0.2) is 4.98 Å². The van der Waals surface area contributed by atoms with Gasteiger partial charge in [0.05, 0.1) is 5.01 Å². The summed E-state index contributed by atoms with van der Waals surface area (Å²) >= 11 is 1.54. The first-order valence-corrected chi connectivity index (χ1v) is 9.57. The number of rotatable bonds is 6. The van der Waals surface area contributed by atoms with Gasteiger partial charge < -0.3 is 10.2 Å². The second kappa shape index (κ2) is 7.43. The van der Waals surface area contributed by atoms with Gasteiger partial charge in [0.1, 0.15) is 5.69 Å². The van der Waals surface area contributed by atoms with Gasteiger partial charge in [-0.15, -0.1) is 11.3 Å². The number of aryl methyl sites for hydroxylation is 1. The first kappa shape index (κ1) is 16.4. The van der Waals surface area contributed by atoms with Gasteiger partial charge in [0, 0.05) is 36.9 Å². The molecular weight excluding hydrogens is 310 g/mol. The van der Waals surface area contributed by atoms with Gasteiger partial charge in [-0.1, -0.05) is 19.8 Å². The molecule has 2 fully saturated rings. The number of likely N-dealkylation sites (tertiary alicyclic amines) is 1. The van der Waals surface area contributed by atoms with E-state index in [1.165, 1.54) is 12.8 Å². The molecule has 3 rings (SSSR count). The van der Waals surface area contributed by atoms with Crippen LogP contribution in [0.5, 0.6) is 0 Å². The molecule has 6 heteroatoms. The minimum Gasteiger partial charge on any atom is -0.350 e. The van der Waals surface area contributed by atoms with Crippen molar-refractivity contribution in [1.82, 2.24) is 15.2 Å². The van der Waals surface area contributed by atoms with E-state index in [1.807, 2.05) is 10.3 Å². The number of nitrogens with zero attached hydrogens (tertiary/aromatic N) is 2. The summed E-state index contributed by atoms with van der Waals surface area (Å²) < 4.78 is 0. The van der Waals surface area contributed by atoms with Gasteiger partial charge in [0.15, 0.2) is 0 Å². The van der Waals surface area contributed by atoms with Crippen molar-refractivity contribution in [3.05, 3.63) is 16.1 Å². The SMILES string of the molecule is CCCc1nc(C(=O)NC[C@H]2CC(=O)N(C3CCCC3)C2)cs1. The maximum Gasteiger partial charge on any atom is 0.270 e. The zero-order chi connectivity index (χ0) is 16.2. The molecule has 1 aliphatic heterocycles. The monoisotopic (exact) mass is 335 g/mol. The van der Waals surface area contributed by atoms with Crippen LogP contribution in [0.3, 0.4) is 0 Å². The number of hydrogen-bond donors (Lipinski definition) is 1. The van der Waals surface area contributed by atoms with Crippen molar-refractivity contribution in [2.24, 2.45) is 5.92 Å². The predicted octanol–water partition coefficient (Wildman–Crippen LogP) is 2.62. The molecule has 0 bridgehead atoms. The van der Waals surface area contributed by atoms with E-state index in [-0.39, 0.29) is 17.7 Å². The average Bonchev–Trinajstić information content (AvgIpc) is 3.25. The maximum absolute atomic E-state index is 12.2. The minimum absolute atomic E-state index is 0.115. The van der Waals surface area contributed by atoms with Crippen molar-refractivity contribution < 1.29 is 9.59 Å². The van der Waals surface area contributed by atoms with Crippen molar-refractivity contribution >= 4 is 23.2 Å². The highest BCUT2D eigenvalue weighted by atomic mass is 32.1. The molecule has 1 aromatic rings. The fourth-order valence-corrected chi connectivity index (χ4v) is 4.47. The van der Waals surface area contributed by atoms with Crippen LogP contribution >= 0.6 is 11.3 Å². The third-order valence-electron chi connectivity index (χ3n) is 4.80. The standard InChI is InChI=1S/C17H25N3O2S/c1-2-5-15-19-14(11-23-15)17(22)18-9-12-8-16(21)20(10-12)13-6-3-4-7-13/h11-13H,2-10H2,1H3,(H,18,22)/t12-/m1/s1. The zero-order valence-corrected chi connectivity index (χ0v) is 14.5. The highest BCUT2D eigenvalue weighted by Gasteiger charge is 2.35. The Balaban J connectivity index is 1.48. The molecule has 2 aliphatic rings. The molecule has 1 aromatic heterocycles. The van der Waals surface area contributed by atoms with Gasteiger partial charge in [-0.2, -0.15) is 0 Å². The van der Waals surface area contributed by atoms with E-state index in [1.54, 1.807) is 11.3 Å². The Kier molecular flexibility index (Phi) is 5.30. The van der Waals surface area contributed by atoms with E-state index >= 15 is 0 Å². The molecule has 1 aliphatic carbocycles.